The number of rotatable bonds is 3. The number of nitrogens with one attached hydrogen (secondary N) is 1. The summed E-state index contributed by atoms with van der Waals surface area (Å²) in [6, 6.07) is 8.38. The van der Waals surface area contributed by atoms with Gasteiger partial charge < -0.3 is 10.1 Å². The highest BCUT2D eigenvalue weighted by Crippen LogP contribution is 2.28. The van der Waals surface area contributed by atoms with Gasteiger partial charge in [0.05, 0.1) is 13.2 Å². The Bertz CT molecular complexity index is 809. The molecule has 2 heterocycles. The van der Waals surface area contributed by atoms with Crippen molar-refractivity contribution in [3.63, 3.8) is 0 Å². The number of fused-ring (bicyclic) bond motifs is 1. The van der Waals surface area contributed by atoms with Gasteiger partial charge >= 0.3 is 6.18 Å². The molecule has 0 bridgehead atoms. The zero-order valence-electron chi connectivity index (χ0n) is 14.1. The second kappa shape index (κ2) is 7.31. The average Bonchev–Trinajstić information content (AvgIpc) is 2.81. The zero-order chi connectivity index (χ0) is 18.7. The molecule has 1 unspecified atom stereocenters. The van der Waals surface area contributed by atoms with Crippen LogP contribution in [0.3, 0.4) is 0 Å². The summed E-state index contributed by atoms with van der Waals surface area (Å²) in [4.78, 5) is 19.9. The van der Waals surface area contributed by atoms with Crippen LogP contribution in [-0.2, 0) is 23.9 Å². The highest BCUT2D eigenvalue weighted by atomic mass is 19.4. The average molecular weight is 365 g/mol. The van der Waals surface area contributed by atoms with Gasteiger partial charge in [-0.05, 0) is 37.5 Å². The van der Waals surface area contributed by atoms with Gasteiger partial charge in [0.15, 0.2) is 0 Å². The fraction of sp³-hybridized carbons (Fsp3) is 0.389. The van der Waals surface area contributed by atoms with Gasteiger partial charge in [0.1, 0.15) is 17.3 Å². The second-order valence-electron chi connectivity index (χ2n) is 6.17. The summed E-state index contributed by atoms with van der Waals surface area (Å²) in [5.41, 5.74) is 0.135. The summed E-state index contributed by atoms with van der Waals surface area (Å²) < 4.78 is 44.1. The molecule has 0 saturated carbocycles. The van der Waals surface area contributed by atoms with Crippen LogP contribution in [0.15, 0.2) is 30.3 Å². The first-order chi connectivity index (χ1) is 12.3. The number of halogens is 3. The second-order valence-corrected chi connectivity index (χ2v) is 6.17. The molecule has 138 valence electrons. The first-order valence-electron chi connectivity index (χ1n) is 8.23. The third kappa shape index (κ3) is 4.30. The smallest absolute Gasteiger partial charge is 0.433 e. The van der Waals surface area contributed by atoms with Crippen molar-refractivity contribution in [2.24, 2.45) is 5.92 Å². The van der Waals surface area contributed by atoms with Crippen LogP contribution in [-0.4, -0.2) is 22.5 Å². The summed E-state index contributed by atoms with van der Waals surface area (Å²) in [6.07, 6.45) is -3.50. The fourth-order valence-corrected chi connectivity index (χ4v) is 2.88. The Kier molecular flexibility index (Phi) is 5.11. The molecule has 0 aliphatic carbocycles. The van der Waals surface area contributed by atoms with Crippen molar-refractivity contribution in [2.75, 3.05) is 6.61 Å². The summed E-state index contributed by atoms with van der Waals surface area (Å²) in [6.45, 7) is 1.72. The van der Waals surface area contributed by atoms with Crippen LogP contribution in [0.25, 0.3) is 0 Å². The van der Waals surface area contributed by atoms with E-state index in [0.29, 0.717) is 19.4 Å². The van der Waals surface area contributed by atoms with E-state index in [4.69, 9.17) is 4.74 Å². The first kappa shape index (κ1) is 18.2. The minimum Gasteiger partial charge on any atom is -0.493 e. The molecule has 26 heavy (non-hydrogen) atoms. The molecule has 1 aliphatic heterocycles. The number of hydrogen-bond donors (Lipinski definition) is 1. The van der Waals surface area contributed by atoms with Crippen LogP contribution >= 0.6 is 0 Å². The van der Waals surface area contributed by atoms with Gasteiger partial charge in [-0.15, -0.1) is 0 Å². The van der Waals surface area contributed by atoms with E-state index in [1.807, 2.05) is 24.3 Å². The Hall–Kier alpha value is -2.64. The van der Waals surface area contributed by atoms with Crippen LogP contribution in [0.1, 0.15) is 29.2 Å². The van der Waals surface area contributed by atoms with Gasteiger partial charge in [-0.1, -0.05) is 18.2 Å². The van der Waals surface area contributed by atoms with E-state index in [1.165, 1.54) is 6.92 Å². The van der Waals surface area contributed by atoms with Crippen molar-refractivity contribution >= 4 is 5.91 Å². The van der Waals surface area contributed by atoms with Crippen LogP contribution in [0.2, 0.25) is 0 Å². The number of aromatic nitrogens is 2. The highest BCUT2D eigenvalue weighted by Gasteiger charge is 2.33. The third-order valence-electron chi connectivity index (χ3n) is 4.15. The van der Waals surface area contributed by atoms with Crippen LogP contribution < -0.4 is 10.1 Å². The maximum absolute atomic E-state index is 12.8. The molecule has 1 aromatic carbocycles. The lowest BCUT2D eigenvalue weighted by atomic mass is 9.96. The van der Waals surface area contributed by atoms with Gasteiger partial charge in [-0.25, -0.2) is 9.97 Å². The number of benzene rings is 1. The standard InChI is InChI=1S/C18H18F3N3O2/c1-11-8-15(18(19,20)21)24-16(23-11)10-22-17(25)13-6-7-26-14-5-3-2-4-12(14)9-13/h2-5,8,13H,6-7,9-10H2,1H3,(H,22,25). The molecule has 0 spiro atoms. The largest absolute Gasteiger partial charge is 0.493 e. The Morgan fingerprint density at radius 1 is 1.31 bits per heavy atom. The number of amides is 1. The zero-order valence-corrected chi connectivity index (χ0v) is 14.1. The van der Waals surface area contributed by atoms with Crippen LogP contribution in [0.5, 0.6) is 5.75 Å². The van der Waals surface area contributed by atoms with Gasteiger partial charge in [0.2, 0.25) is 5.91 Å². The van der Waals surface area contributed by atoms with E-state index in [2.05, 4.69) is 15.3 Å². The van der Waals surface area contributed by atoms with Crippen molar-refractivity contribution in [1.82, 2.24) is 15.3 Å². The molecule has 0 fully saturated rings. The lowest BCUT2D eigenvalue weighted by molar-refractivity contribution is -0.141. The molecule has 5 nitrogen and oxygen atoms in total. The molecule has 3 rings (SSSR count). The number of carbonyl (C=O) groups is 1. The maximum Gasteiger partial charge on any atom is 0.433 e. The minimum atomic E-state index is -4.55. The monoisotopic (exact) mass is 365 g/mol. The van der Waals surface area contributed by atoms with Crippen LogP contribution in [0.4, 0.5) is 13.2 Å². The third-order valence-corrected chi connectivity index (χ3v) is 4.15. The van der Waals surface area contributed by atoms with Gasteiger partial charge in [0, 0.05) is 11.6 Å². The molecule has 1 aromatic heterocycles. The quantitative estimate of drug-likeness (QED) is 0.908. The Morgan fingerprint density at radius 2 is 2.08 bits per heavy atom. The number of ether oxygens (including phenoxy) is 1. The van der Waals surface area contributed by atoms with Gasteiger partial charge in [-0.2, -0.15) is 13.2 Å². The van der Waals surface area contributed by atoms with E-state index in [9.17, 15) is 18.0 Å². The normalized spacial score (nSPS) is 17.0. The summed E-state index contributed by atoms with van der Waals surface area (Å²) in [5.74, 6) is 0.144. The van der Waals surface area contributed by atoms with Crippen molar-refractivity contribution in [3.05, 3.63) is 53.1 Å². The molecule has 1 amide bonds. The SMILES string of the molecule is Cc1cc(C(F)(F)F)nc(CNC(=O)C2CCOc3ccccc3C2)n1. The topological polar surface area (TPSA) is 64.1 Å². The lowest BCUT2D eigenvalue weighted by Gasteiger charge is -2.14. The van der Waals surface area contributed by atoms with E-state index in [1.54, 1.807) is 0 Å². The predicted octanol–water partition coefficient (Wildman–Crippen LogP) is 3.06. The van der Waals surface area contributed by atoms with Crippen molar-refractivity contribution in [3.8, 4) is 5.75 Å². The number of nitrogens with zero attached hydrogens (tertiary/aromatic N) is 2. The van der Waals surface area contributed by atoms with Crippen molar-refractivity contribution < 1.29 is 22.7 Å². The van der Waals surface area contributed by atoms with Crippen molar-refractivity contribution in [2.45, 2.75) is 32.5 Å². The molecule has 0 radical (unpaired) electrons. The Labute approximate surface area is 148 Å². The number of para-hydroxylation sites is 1. The molecule has 8 heteroatoms. The van der Waals surface area contributed by atoms with E-state index >= 15 is 0 Å². The summed E-state index contributed by atoms with van der Waals surface area (Å²) >= 11 is 0. The Balaban J connectivity index is 1.67. The maximum atomic E-state index is 12.8. The first-order valence-corrected chi connectivity index (χ1v) is 8.23. The molecule has 2 aromatic rings. The van der Waals surface area contributed by atoms with Gasteiger partial charge in [-0.3, -0.25) is 4.79 Å². The number of alkyl halides is 3. The molecule has 0 saturated heterocycles. The summed E-state index contributed by atoms with van der Waals surface area (Å²) in [5, 5.41) is 2.65. The lowest BCUT2D eigenvalue weighted by Crippen LogP contribution is -2.32. The number of aryl methyl sites for hydroxylation is 1. The number of hydrogen-bond acceptors (Lipinski definition) is 4. The molecular weight excluding hydrogens is 347 g/mol. The molecule has 1 aliphatic rings. The molecule has 1 N–H and O–H groups in total. The van der Waals surface area contributed by atoms with E-state index < -0.39 is 11.9 Å². The van der Waals surface area contributed by atoms with E-state index in [0.717, 1.165) is 17.4 Å². The minimum absolute atomic E-state index is 0.0593. The molecule has 1 atom stereocenters. The van der Waals surface area contributed by atoms with Gasteiger partial charge in [0.25, 0.3) is 0 Å². The fourth-order valence-electron chi connectivity index (χ4n) is 2.88. The Morgan fingerprint density at radius 3 is 2.85 bits per heavy atom. The summed E-state index contributed by atoms with van der Waals surface area (Å²) in [7, 11) is 0. The molecular formula is C18H18F3N3O2. The van der Waals surface area contributed by atoms with Crippen molar-refractivity contribution in [1.29, 1.82) is 0 Å². The highest BCUT2D eigenvalue weighted by molar-refractivity contribution is 5.79. The van der Waals surface area contributed by atoms with Crippen LogP contribution in [0, 0.1) is 12.8 Å². The predicted molar refractivity (Wildman–Crippen MR) is 87.4 cm³/mol. The van der Waals surface area contributed by atoms with E-state index in [-0.39, 0.29) is 29.9 Å². The number of carbonyl (C=O) groups excluding carboxylic acids is 1.